The van der Waals surface area contributed by atoms with Crippen molar-refractivity contribution in [1.29, 1.82) is 0 Å². The van der Waals surface area contributed by atoms with Crippen molar-refractivity contribution >= 4 is 17.3 Å². The number of hydrogen-bond donors (Lipinski definition) is 1. The van der Waals surface area contributed by atoms with Gasteiger partial charge in [-0.05, 0) is 41.2 Å². The monoisotopic (exact) mass is 289 g/mol. The minimum Gasteiger partial charge on any atom is -0.375 e. The zero-order valence-corrected chi connectivity index (χ0v) is 12.3. The fraction of sp³-hybridized carbons (Fsp3) is 0.294. The molecule has 0 aliphatic heterocycles. The van der Waals surface area contributed by atoms with Crippen molar-refractivity contribution in [2.75, 3.05) is 5.32 Å². The van der Waals surface area contributed by atoms with E-state index < -0.39 is 0 Å². The molecule has 0 aromatic heterocycles. The normalized spacial score (nSPS) is 19.7. The van der Waals surface area contributed by atoms with Crippen LogP contribution in [0.3, 0.4) is 0 Å². The van der Waals surface area contributed by atoms with Gasteiger partial charge in [0.05, 0.1) is 11.7 Å². The van der Waals surface area contributed by atoms with Gasteiger partial charge in [0.1, 0.15) is 5.82 Å². The second-order valence-corrected chi connectivity index (χ2v) is 6.50. The Morgan fingerprint density at radius 3 is 2.70 bits per heavy atom. The number of nitrogens with one attached hydrogen (secondary N) is 1. The Balaban J connectivity index is 1.97. The predicted octanol–water partition coefficient (Wildman–Crippen LogP) is 5.21. The summed E-state index contributed by atoms with van der Waals surface area (Å²) in [6.45, 7) is 4.41. The second kappa shape index (κ2) is 4.78. The van der Waals surface area contributed by atoms with Gasteiger partial charge < -0.3 is 5.32 Å². The lowest BCUT2D eigenvalue weighted by Gasteiger charge is -2.29. The van der Waals surface area contributed by atoms with E-state index in [0.29, 0.717) is 10.7 Å². The van der Waals surface area contributed by atoms with Gasteiger partial charge in [0.2, 0.25) is 0 Å². The first-order valence-corrected chi connectivity index (χ1v) is 7.14. The first-order valence-electron chi connectivity index (χ1n) is 6.77. The van der Waals surface area contributed by atoms with Crippen LogP contribution in [-0.2, 0) is 6.42 Å². The maximum atomic E-state index is 14.0. The lowest BCUT2D eigenvalue weighted by atomic mass is 9.85. The van der Waals surface area contributed by atoms with E-state index >= 15 is 0 Å². The summed E-state index contributed by atoms with van der Waals surface area (Å²) in [5.74, 6) is -0.308. The number of benzene rings is 2. The summed E-state index contributed by atoms with van der Waals surface area (Å²) in [5, 5.41) is 3.77. The molecule has 1 atom stereocenters. The Labute approximate surface area is 123 Å². The molecular weight excluding hydrogens is 273 g/mol. The summed E-state index contributed by atoms with van der Waals surface area (Å²) >= 11 is 5.80. The zero-order valence-electron chi connectivity index (χ0n) is 11.6. The number of fused-ring (bicyclic) bond motifs is 1. The summed E-state index contributed by atoms with van der Waals surface area (Å²) in [6.07, 6.45) is 0.996. The van der Waals surface area contributed by atoms with Crippen LogP contribution in [-0.4, -0.2) is 0 Å². The number of hydrogen-bond acceptors (Lipinski definition) is 1. The van der Waals surface area contributed by atoms with Crippen molar-refractivity contribution in [3.63, 3.8) is 0 Å². The van der Waals surface area contributed by atoms with E-state index in [9.17, 15) is 4.39 Å². The third-order valence-corrected chi connectivity index (χ3v) is 4.26. The van der Waals surface area contributed by atoms with Gasteiger partial charge in [0.25, 0.3) is 0 Å². The highest BCUT2D eigenvalue weighted by molar-refractivity contribution is 6.30. The summed E-state index contributed by atoms with van der Waals surface area (Å²) in [5.41, 5.74) is 3.15. The van der Waals surface area contributed by atoms with Gasteiger partial charge in [0, 0.05) is 5.02 Å². The van der Waals surface area contributed by atoms with Crippen LogP contribution < -0.4 is 5.32 Å². The molecule has 1 N–H and O–H groups in total. The largest absolute Gasteiger partial charge is 0.375 e. The van der Waals surface area contributed by atoms with Crippen LogP contribution in [0, 0.1) is 11.2 Å². The highest BCUT2D eigenvalue weighted by Gasteiger charge is 2.38. The Bertz CT molecular complexity index is 651. The fourth-order valence-electron chi connectivity index (χ4n) is 3.03. The number of anilines is 1. The van der Waals surface area contributed by atoms with Crippen LogP contribution >= 0.6 is 11.6 Å². The summed E-state index contributed by atoms with van der Waals surface area (Å²) < 4.78 is 14.0. The lowest BCUT2D eigenvalue weighted by molar-refractivity contribution is 0.336. The van der Waals surface area contributed by atoms with Crippen LogP contribution in [0.4, 0.5) is 10.1 Å². The molecule has 0 radical (unpaired) electrons. The van der Waals surface area contributed by atoms with Crippen LogP contribution in [0.25, 0.3) is 0 Å². The first kappa shape index (κ1) is 13.4. The van der Waals surface area contributed by atoms with Crippen molar-refractivity contribution < 1.29 is 4.39 Å². The second-order valence-electron chi connectivity index (χ2n) is 6.07. The smallest absolute Gasteiger partial charge is 0.147 e. The topological polar surface area (TPSA) is 12.0 Å². The van der Waals surface area contributed by atoms with E-state index in [2.05, 4.69) is 37.4 Å². The van der Waals surface area contributed by atoms with Gasteiger partial charge in [0.15, 0.2) is 0 Å². The molecule has 0 saturated heterocycles. The molecule has 0 fully saturated rings. The summed E-state index contributed by atoms with van der Waals surface area (Å²) in [4.78, 5) is 0. The SMILES string of the molecule is CC1(C)Cc2ccccc2C1Nc1ccc(Cl)cc1F. The van der Waals surface area contributed by atoms with Crippen LogP contribution in [0.15, 0.2) is 42.5 Å². The molecule has 1 aliphatic carbocycles. The molecular formula is C17H17ClFN. The molecule has 1 aliphatic rings. The van der Waals surface area contributed by atoms with Crippen molar-refractivity contribution in [3.8, 4) is 0 Å². The molecule has 1 nitrogen and oxygen atoms in total. The van der Waals surface area contributed by atoms with E-state index in [-0.39, 0.29) is 17.3 Å². The van der Waals surface area contributed by atoms with Crippen LogP contribution in [0.2, 0.25) is 5.02 Å². The van der Waals surface area contributed by atoms with E-state index in [1.54, 1.807) is 12.1 Å². The Morgan fingerprint density at radius 1 is 1.20 bits per heavy atom. The molecule has 104 valence electrons. The molecule has 20 heavy (non-hydrogen) atoms. The van der Waals surface area contributed by atoms with Gasteiger partial charge in [-0.2, -0.15) is 0 Å². The fourth-order valence-corrected chi connectivity index (χ4v) is 3.18. The molecule has 0 bridgehead atoms. The van der Waals surface area contributed by atoms with E-state index in [1.165, 1.54) is 17.2 Å². The maximum absolute atomic E-state index is 14.0. The van der Waals surface area contributed by atoms with E-state index in [1.807, 2.05) is 6.07 Å². The highest BCUT2D eigenvalue weighted by Crippen LogP contribution is 2.47. The minimum absolute atomic E-state index is 0.0514. The van der Waals surface area contributed by atoms with Crippen molar-refractivity contribution in [2.45, 2.75) is 26.3 Å². The Morgan fingerprint density at radius 2 is 1.95 bits per heavy atom. The molecule has 0 spiro atoms. The molecule has 0 amide bonds. The molecule has 3 rings (SSSR count). The molecule has 0 saturated carbocycles. The standard InChI is InChI=1S/C17H17ClFN/c1-17(2)10-11-5-3-4-6-13(11)16(17)20-15-8-7-12(18)9-14(15)19/h3-9,16,20H,10H2,1-2H3. The van der Waals surface area contributed by atoms with Crippen LogP contribution in [0.5, 0.6) is 0 Å². The van der Waals surface area contributed by atoms with E-state index in [4.69, 9.17) is 11.6 Å². The first-order chi connectivity index (χ1) is 9.47. The van der Waals surface area contributed by atoms with Crippen LogP contribution in [0.1, 0.15) is 31.0 Å². The van der Waals surface area contributed by atoms with Gasteiger partial charge in [-0.25, -0.2) is 4.39 Å². The average Bonchev–Trinajstić information content (AvgIpc) is 2.63. The lowest BCUT2D eigenvalue weighted by Crippen LogP contribution is -2.24. The summed E-state index contributed by atoms with van der Waals surface area (Å²) in [6, 6.07) is 13.2. The third kappa shape index (κ3) is 2.29. The number of rotatable bonds is 2. The molecule has 2 aromatic carbocycles. The Hall–Kier alpha value is -1.54. The number of halogens is 2. The average molecular weight is 290 g/mol. The molecule has 1 unspecified atom stereocenters. The van der Waals surface area contributed by atoms with Gasteiger partial charge in [-0.1, -0.05) is 49.7 Å². The third-order valence-electron chi connectivity index (χ3n) is 4.02. The quantitative estimate of drug-likeness (QED) is 0.800. The van der Waals surface area contributed by atoms with Crippen molar-refractivity contribution in [1.82, 2.24) is 0 Å². The van der Waals surface area contributed by atoms with Crippen molar-refractivity contribution in [3.05, 3.63) is 64.4 Å². The van der Waals surface area contributed by atoms with Crippen molar-refractivity contribution in [2.24, 2.45) is 5.41 Å². The van der Waals surface area contributed by atoms with Gasteiger partial charge in [-0.15, -0.1) is 0 Å². The minimum atomic E-state index is -0.308. The molecule has 2 aromatic rings. The van der Waals surface area contributed by atoms with E-state index in [0.717, 1.165) is 6.42 Å². The van der Waals surface area contributed by atoms with Gasteiger partial charge >= 0.3 is 0 Å². The molecule has 3 heteroatoms. The Kier molecular flexibility index (Phi) is 3.21. The maximum Gasteiger partial charge on any atom is 0.147 e. The zero-order chi connectivity index (χ0) is 14.3. The highest BCUT2D eigenvalue weighted by atomic mass is 35.5. The van der Waals surface area contributed by atoms with Gasteiger partial charge in [-0.3, -0.25) is 0 Å². The molecule has 0 heterocycles. The summed E-state index contributed by atoms with van der Waals surface area (Å²) in [7, 11) is 0. The predicted molar refractivity (Wildman–Crippen MR) is 81.7 cm³/mol.